The maximum atomic E-state index is 9.14. The van der Waals surface area contributed by atoms with Gasteiger partial charge < -0.3 is 8.98 Å². The van der Waals surface area contributed by atoms with Crippen LogP contribution < -0.4 is 0 Å². The predicted octanol–water partition coefficient (Wildman–Crippen LogP) is 13.6. The molecule has 6 heteroatoms. The van der Waals surface area contributed by atoms with Gasteiger partial charge in [-0.3, -0.25) is 5.41 Å². The molecule has 11 aromatic rings. The van der Waals surface area contributed by atoms with Crippen molar-refractivity contribution in [1.82, 2.24) is 4.57 Å². The molecule has 0 amide bonds. The number of hydrogen-bond acceptors (Lipinski definition) is 3. The molecule has 11 rings (SSSR count). The van der Waals surface area contributed by atoms with Crippen molar-refractivity contribution < 1.29 is 4.42 Å². The number of nitrogens with one attached hydrogen (secondary N) is 1. The molecule has 8 aromatic carbocycles. The summed E-state index contributed by atoms with van der Waals surface area (Å²) in [6.07, 6.45) is 1.79. The highest BCUT2D eigenvalue weighted by Gasteiger charge is 2.17. The van der Waals surface area contributed by atoms with E-state index in [2.05, 4.69) is 102 Å². The van der Waals surface area contributed by atoms with E-state index in [9.17, 15) is 0 Å². The molecule has 0 aliphatic carbocycles. The Labute approximate surface area is 331 Å². The zero-order valence-electron chi connectivity index (χ0n) is 30.6. The third-order valence-electron chi connectivity index (χ3n) is 10.8. The van der Waals surface area contributed by atoms with Gasteiger partial charge in [-0.2, -0.15) is 0 Å². The number of benzene rings is 8. The highest BCUT2D eigenvalue weighted by molar-refractivity contribution is 7.25. The lowest BCUT2D eigenvalue weighted by Crippen LogP contribution is -2.04. The van der Waals surface area contributed by atoms with Crippen molar-refractivity contribution in [2.45, 2.75) is 0 Å². The minimum Gasteiger partial charge on any atom is -0.456 e. The van der Waals surface area contributed by atoms with Crippen LogP contribution in [0.3, 0.4) is 0 Å². The number of aliphatic imine (C=N–C) groups is 2. The molecule has 0 aliphatic rings. The first-order valence-corrected chi connectivity index (χ1v) is 19.7. The van der Waals surface area contributed by atoms with Gasteiger partial charge in [0.05, 0.1) is 11.0 Å². The fraction of sp³-hybridized carbons (Fsp3) is 0. The quantitative estimate of drug-likeness (QED) is 0.138. The fourth-order valence-corrected chi connectivity index (χ4v) is 9.21. The second-order valence-electron chi connectivity index (χ2n) is 14.2. The second-order valence-corrected chi connectivity index (χ2v) is 15.3. The topological polar surface area (TPSA) is 66.6 Å². The average Bonchev–Trinajstić information content (AvgIpc) is 3.94. The summed E-state index contributed by atoms with van der Waals surface area (Å²) in [4.78, 5) is 9.50. The Kier molecular flexibility index (Phi) is 7.76. The first kappa shape index (κ1) is 33.0. The van der Waals surface area contributed by atoms with Crippen molar-refractivity contribution in [2.75, 3.05) is 0 Å². The number of hydrogen-bond donors (Lipinski definition) is 1. The van der Waals surface area contributed by atoms with Crippen LogP contribution in [0.2, 0.25) is 0 Å². The van der Waals surface area contributed by atoms with Crippen molar-refractivity contribution in [3.8, 4) is 16.8 Å². The van der Waals surface area contributed by atoms with Crippen LogP contribution in [0.15, 0.2) is 196 Å². The standard InChI is InChI=1S/C51H32N4OS/c52-50(54-51(33-14-5-2-6-15-33)53-31-32-12-3-1-4-13-32)35-23-26-45-42(28-35)49-37(18-11-21-46(49)56-45)34-22-25-40-41-30-36(24-27-47(41)57-48(40)29-34)55-43-19-9-7-16-38(43)39-17-8-10-20-44(39)55/h1-31,52H. The third kappa shape index (κ3) is 5.65. The Morgan fingerprint density at radius 2 is 1.28 bits per heavy atom. The Balaban J connectivity index is 0.993. The van der Waals surface area contributed by atoms with Crippen LogP contribution in [0, 0.1) is 5.41 Å². The third-order valence-corrected chi connectivity index (χ3v) is 11.9. The molecule has 0 aliphatic heterocycles. The molecule has 1 N–H and O–H groups in total. The van der Waals surface area contributed by atoms with Gasteiger partial charge in [0.2, 0.25) is 0 Å². The molecule has 5 nitrogen and oxygen atoms in total. The van der Waals surface area contributed by atoms with Gasteiger partial charge in [0.25, 0.3) is 0 Å². The summed E-state index contributed by atoms with van der Waals surface area (Å²) in [6.45, 7) is 0. The smallest absolute Gasteiger partial charge is 0.161 e. The van der Waals surface area contributed by atoms with Crippen LogP contribution in [-0.4, -0.2) is 22.5 Å². The Morgan fingerprint density at radius 1 is 0.544 bits per heavy atom. The summed E-state index contributed by atoms with van der Waals surface area (Å²) in [5.74, 6) is 0.598. The molecular formula is C51H32N4OS. The lowest BCUT2D eigenvalue weighted by molar-refractivity contribution is 0.669. The van der Waals surface area contributed by atoms with Crippen molar-refractivity contribution >= 4 is 93.1 Å². The molecule has 57 heavy (non-hydrogen) atoms. The molecular weight excluding hydrogens is 717 g/mol. The van der Waals surface area contributed by atoms with E-state index in [1.54, 1.807) is 6.21 Å². The predicted molar refractivity (Wildman–Crippen MR) is 240 cm³/mol. The number of furan rings is 1. The molecule has 0 atom stereocenters. The van der Waals surface area contributed by atoms with Gasteiger partial charge in [0.1, 0.15) is 11.2 Å². The maximum Gasteiger partial charge on any atom is 0.161 e. The van der Waals surface area contributed by atoms with E-state index < -0.39 is 0 Å². The Morgan fingerprint density at radius 3 is 2.07 bits per heavy atom. The Hall–Kier alpha value is -7.41. The van der Waals surface area contributed by atoms with Crippen LogP contribution in [0.25, 0.3) is 80.7 Å². The van der Waals surface area contributed by atoms with E-state index >= 15 is 0 Å². The number of nitrogens with zero attached hydrogens (tertiary/aromatic N) is 3. The number of thiophene rings is 1. The van der Waals surface area contributed by atoms with E-state index in [0.717, 1.165) is 49.9 Å². The first-order valence-electron chi connectivity index (χ1n) is 18.9. The van der Waals surface area contributed by atoms with Crippen molar-refractivity contribution in [2.24, 2.45) is 9.98 Å². The summed E-state index contributed by atoms with van der Waals surface area (Å²) in [6, 6.07) is 62.8. The van der Waals surface area contributed by atoms with Gasteiger partial charge in [0.15, 0.2) is 11.7 Å². The Bertz CT molecular complexity index is 3370. The lowest BCUT2D eigenvalue weighted by atomic mass is 9.97. The van der Waals surface area contributed by atoms with Crippen molar-refractivity contribution in [3.05, 3.63) is 199 Å². The SMILES string of the molecule is N=C(N=C(N=Cc1ccccc1)c1ccccc1)c1ccc2oc3cccc(-c4ccc5c(c4)sc4ccc(-n6c7ccccc7c7ccccc76)cc45)c3c2c1. The molecule has 0 spiro atoms. The minimum absolute atomic E-state index is 0.125. The second kappa shape index (κ2) is 13.4. The normalized spacial score (nSPS) is 12.3. The van der Waals surface area contributed by atoms with Gasteiger partial charge in [-0.05, 0) is 77.4 Å². The van der Waals surface area contributed by atoms with Crippen LogP contribution in [0.4, 0.5) is 0 Å². The number of para-hydroxylation sites is 2. The van der Waals surface area contributed by atoms with Gasteiger partial charge in [-0.25, -0.2) is 9.98 Å². The van der Waals surface area contributed by atoms with E-state index in [0.29, 0.717) is 11.4 Å². The number of fused-ring (bicyclic) bond motifs is 9. The summed E-state index contributed by atoms with van der Waals surface area (Å²) in [5, 5.41) is 16.1. The molecule has 0 bridgehead atoms. The van der Waals surface area contributed by atoms with E-state index in [4.69, 9.17) is 19.8 Å². The van der Waals surface area contributed by atoms with E-state index in [1.807, 2.05) is 96.3 Å². The van der Waals surface area contributed by atoms with Crippen LogP contribution >= 0.6 is 11.3 Å². The van der Waals surface area contributed by atoms with Gasteiger partial charge >= 0.3 is 0 Å². The molecule has 3 heterocycles. The molecule has 0 saturated heterocycles. The first-order chi connectivity index (χ1) is 28.2. The highest BCUT2D eigenvalue weighted by Crippen LogP contribution is 2.42. The number of aromatic nitrogens is 1. The number of amidine groups is 2. The van der Waals surface area contributed by atoms with Gasteiger partial charge in [0, 0.05) is 64.7 Å². The van der Waals surface area contributed by atoms with Crippen molar-refractivity contribution in [1.29, 1.82) is 5.41 Å². The number of rotatable bonds is 5. The molecule has 0 unspecified atom stereocenters. The molecule has 0 saturated carbocycles. The average molecular weight is 749 g/mol. The van der Waals surface area contributed by atoms with Crippen molar-refractivity contribution in [3.63, 3.8) is 0 Å². The van der Waals surface area contributed by atoms with Gasteiger partial charge in [-0.15, -0.1) is 11.3 Å². The van der Waals surface area contributed by atoms with E-state index in [1.165, 1.54) is 42.0 Å². The summed E-state index contributed by atoms with van der Waals surface area (Å²) in [5.41, 5.74) is 9.83. The largest absolute Gasteiger partial charge is 0.456 e. The monoisotopic (exact) mass is 748 g/mol. The fourth-order valence-electron chi connectivity index (χ4n) is 8.09. The van der Waals surface area contributed by atoms with Crippen LogP contribution in [0.1, 0.15) is 16.7 Å². The summed E-state index contributed by atoms with van der Waals surface area (Å²) < 4.78 is 11.3. The summed E-state index contributed by atoms with van der Waals surface area (Å²) >= 11 is 1.82. The lowest BCUT2D eigenvalue weighted by Gasteiger charge is -2.08. The van der Waals surface area contributed by atoms with E-state index in [-0.39, 0.29) is 5.84 Å². The molecule has 268 valence electrons. The van der Waals surface area contributed by atoms with Gasteiger partial charge in [-0.1, -0.05) is 121 Å². The summed E-state index contributed by atoms with van der Waals surface area (Å²) in [7, 11) is 0. The molecule has 0 radical (unpaired) electrons. The molecule has 0 fully saturated rings. The highest BCUT2D eigenvalue weighted by atomic mass is 32.1. The minimum atomic E-state index is 0.125. The van der Waals surface area contributed by atoms with Crippen LogP contribution in [-0.2, 0) is 0 Å². The maximum absolute atomic E-state index is 9.14. The zero-order valence-corrected chi connectivity index (χ0v) is 31.4. The zero-order chi connectivity index (χ0) is 37.9. The van der Waals surface area contributed by atoms with Crippen LogP contribution in [0.5, 0.6) is 0 Å². The molecule has 3 aromatic heterocycles.